The number of nitrogens with zero attached hydrogens (tertiary/aromatic N) is 3. The van der Waals surface area contributed by atoms with E-state index >= 15 is 0 Å². The molecule has 0 N–H and O–H groups in total. The van der Waals surface area contributed by atoms with Gasteiger partial charge in [-0.3, -0.25) is 14.7 Å². The van der Waals surface area contributed by atoms with Crippen molar-refractivity contribution in [2.24, 2.45) is 5.41 Å². The van der Waals surface area contributed by atoms with Crippen molar-refractivity contribution in [1.29, 1.82) is 0 Å². The van der Waals surface area contributed by atoms with E-state index in [9.17, 15) is 4.79 Å². The van der Waals surface area contributed by atoms with E-state index in [1.807, 2.05) is 42.4 Å². The minimum absolute atomic E-state index is 0.0114. The molecular weight excluding hydrogens is 322 g/mol. The summed E-state index contributed by atoms with van der Waals surface area (Å²) < 4.78 is 0. The summed E-state index contributed by atoms with van der Waals surface area (Å²) in [5, 5.41) is 0. The number of pyridine rings is 1. The molecule has 0 aliphatic carbocycles. The quantitative estimate of drug-likeness (QED) is 0.853. The van der Waals surface area contributed by atoms with E-state index < -0.39 is 0 Å². The second-order valence-electron chi connectivity index (χ2n) is 7.96. The molecule has 3 heterocycles. The van der Waals surface area contributed by atoms with Gasteiger partial charge in [-0.15, -0.1) is 0 Å². The van der Waals surface area contributed by atoms with Gasteiger partial charge in [0.1, 0.15) is 0 Å². The molecule has 2 aliphatic heterocycles. The molecule has 26 heavy (non-hydrogen) atoms. The lowest BCUT2D eigenvalue weighted by Gasteiger charge is -2.49. The molecule has 136 valence electrons. The molecule has 4 rings (SSSR count). The molecular formula is C22H27N3O. The summed E-state index contributed by atoms with van der Waals surface area (Å²) in [6.07, 6.45) is 5.16. The van der Waals surface area contributed by atoms with Gasteiger partial charge in [-0.25, -0.2) is 0 Å². The predicted octanol–water partition coefficient (Wildman–Crippen LogP) is 3.31. The van der Waals surface area contributed by atoms with Gasteiger partial charge in [0.2, 0.25) is 5.91 Å². The average molecular weight is 349 g/mol. The molecule has 2 aliphatic rings. The molecule has 0 bridgehead atoms. The van der Waals surface area contributed by atoms with Crippen LogP contribution < -0.4 is 0 Å². The lowest BCUT2D eigenvalue weighted by atomic mass is 9.67. The largest absolute Gasteiger partial charge is 0.345 e. The first-order chi connectivity index (χ1) is 12.7. The molecule has 1 spiro atoms. The fourth-order valence-corrected chi connectivity index (χ4v) is 4.65. The van der Waals surface area contributed by atoms with Crippen LogP contribution in [0.5, 0.6) is 0 Å². The summed E-state index contributed by atoms with van der Waals surface area (Å²) in [4.78, 5) is 21.7. The number of rotatable bonds is 3. The van der Waals surface area contributed by atoms with Crippen molar-refractivity contribution >= 4 is 5.91 Å². The lowest BCUT2D eigenvalue weighted by molar-refractivity contribution is -0.139. The molecule has 4 nitrogen and oxygen atoms in total. The third-order valence-corrected chi connectivity index (χ3v) is 6.11. The third kappa shape index (κ3) is 3.51. The van der Waals surface area contributed by atoms with E-state index in [1.165, 1.54) is 5.56 Å². The molecule has 2 saturated heterocycles. The smallest absolute Gasteiger partial charge is 0.229 e. The number of amides is 1. The van der Waals surface area contributed by atoms with E-state index in [0.29, 0.717) is 0 Å². The Morgan fingerprint density at radius 2 is 1.81 bits per heavy atom. The van der Waals surface area contributed by atoms with E-state index in [1.54, 1.807) is 0 Å². The van der Waals surface area contributed by atoms with Gasteiger partial charge in [-0.1, -0.05) is 36.4 Å². The maximum Gasteiger partial charge on any atom is 0.229 e. The highest BCUT2D eigenvalue weighted by Crippen LogP contribution is 2.45. The van der Waals surface area contributed by atoms with Crippen molar-refractivity contribution in [3.8, 4) is 0 Å². The Morgan fingerprint density at radius 3 is 2.50 bits per heavy atom. The molecule has 0 radical (unpaired) electrons. The Labute approximate surface area is 155 Å². The summed E-state index contributed by atoms with van der Waals surface area (Å²) in [5.41, 5.74) is 2.56. The standard InChI is InChI=1S/C22H27N3O/c1-24-17-22(15-20(21(24)26)18-7-3-2-4-8-18)10-13-25(14-11-22)16-19-9-5-6-12-23-19/h2-9,12,20H,10-11,13-17H2,1H3/t20-/m0/s1. The highest BCUT2D eigenvalue weighted by atomic mass is 16.2. The van der Waals surface area contributed by atoms with Crippen LogP contribution in [-0.4, -0.2) is 47.4 Å². The summed E-state index contributed by atoms with van der Waals surface area (Å²) >= 11 is 0. The monoisotopic (exact) mass is 349 g/mol. The van der Waals surface area contributed by atoms with Crippen LogP contribution in [-0.2, 0) is 11.3 Å². The molecule has 1 atom stereocenters. The normalized spacial score (nSPS) is 23.3. The van der Waals surface area contributed by atoms with Gasteiger partial charge in [0, 0.05) is 26.3 Å². The van der Waals surface area contributed by atoms with Crippen LogP contribution in [0.4, 0.5) is 0 Å². The van der Waals surface area contributed by atoms with Gasteiger partial charge in [-0.2, -0.15) is 0 Å². The summed E-state index contributed by atoms with van der Waals surface area (Å²) in [6, 6.07) is 16.4. The number of piperidine rings is 2. The number of benzene rings is 1. The summed E-state index contributed by atoms with van der Waals surface area (Å²) in [6.45, 7) is 3.99. The summed E-state index contributed by atoms with van der Waals surface area (Å²) in [7, 11) is 1.97. The minimum atomic E-state index is 0.0114. The Bertz CT molecular complexity index is 738. The Hall–Kier alpha value is -2.20. The topological polar surface area (TPSA) is 36.4 Å². The molecule has 1 aromatic heterocycles. The van der Waals surface area contributed by atoms with Gasteiger partial charge in [0.25, 0.3) is 0 Å². The predicted molar refractivity (Wildman–Crippen MR) is 103 cm³/mol. The van der Waals surface area contributed by atoms with Crippen molar-refractivity contribution in [2.75, 3.05) is 26.7 Å². The number of likely N-dealkylation sites (tertiary alicyclic amines) is 2. The lowest BCUT2D eigenvalue weighted by Crippen LogP contribution is -2.52. The van der Waals surface area contributed by atoms with Crippen LogP contribution in [0.3, 0.4) is 0 Å². The number of carbonyl (C=O) groups excluding carboxylic acids is 1. The van der Waals surface area contributed by atoms with Crippen molar-refractivity contribution < 1.29 is 4.79 Å². The number of hydrogen-bond donors (Lipinski definition) is 0. The summed E-state index contributed by atoms with van der Waals surface area (Å²) in [5.74, 6) is 0.287. The second kappa shape index (κ2) is 7.20. The molecule has 2 aromatic rings. The van der Waals surface area contributed by atoms with Crippen LogP contribution in [0.2, 0.25) is 0 Å². The van der Waals surface area contributed by atoms with Gasteiger partial charge in [-0.05, 0) is 55.5 Å². The van der Waals surface area contributed by atoms with E-state index in [0.717, 1.165) is 51.1 Å². The maximum atomic E-state index is 12.8. The van der Waals surface area contributed by atoms with Gasteiger partial charge >= 0.3 is 0 Å². The molecule has 0 unspecified atom stereocenters. The van der Waals surface area contributed by atoms with Crippen molar-refractivity contribution in [1.82, 2.24) is 14.8 Å². The Morgan fingerprint density at radius 1 is 1.08 bits per heavy atom. The van der Waals surface area contributed by atoms with Crippen LogP contribution in [0.25, 0.3) is 0 Å². The SMILES string of the molecule is CN1CC2(CCN(Cc3ccccn3)CC2)C[C@@H](c2ccccc2)C1=O. The Kier molecular flexibility index (Phi) is 4.77. The molecule has 1 aromatic carbocycles. The van der Waals surface area contributed by atoms with Crippen LogP contribution in [0.15, 0.2) is 54.7 Å². The zero-order valence-electron chi connectivity index (χ0n) is 15.5. The zero-order chi connectivity index (χ0) is 18.0. The Balaban J connectivity index is 1.45. The van der Waals surface area contributed by atoms with Crippen molar-refractivity contribution in [3.63, 3.8) is 0 Å². The minimum Gasteiger partial charge on any atom is -0.345 e. The van der Waals surface area contributed by atoms with Crippen LogP contribution in [0, 0.1) is 5.41 Å². The zero-order valence-corrected chi connectivity index (χ0v) is 15.5. The van der Waals surface area contributed by atoms with Gasteiger partial charge < -0.3 is 4.90 Å². The average Bonchev–Trinajstić information content (AvgIpc) is 2.68. The highest BCUT2D eigenvalue weighted by Gasteiger charge is 2.44. The number of carbonyl (C=O) groups is 1. The second-order valence-corrected chi connectivity index (χ2v) is 7.96. The molecule has 2 fully saturated rings. The van der Waals surface area contributed by atoms with Crippen LogP contribution >= 0.6 is 0 Å². The van der Waals surface area contributed by atoms with Gasteiger partial charge in [0.15, 0.2) is 0 Å². The maximum absolute atomic E-state index is 12.8. The molecule has 4 heteroatoms. The first-order valence-electron chi connectivity index (χ1n) is 9.57. The number of hydrogen-bond acceptors (Lipinski definition) is 3. The van der Waals surface area contributed by atoms with Crippen molar-refractivity contribution in [2.45, 2.75) is 31.7 Å². The third-order valence-electron chi connectivity index (χ3n) is 6.11. The number of aromatic nitrogens is 1. The fourth-order valence-electron chi connectivity index (χ4n) is 4.65. The fraction of sp³-hybridized carbons (Fsp3) is 0.455. The van der Waals surface area contributed by atoms with E-state index in [-0.39, 0.29) is 17.2 Å². The van der Waals surface area contributed by atoms with Crippen molar-refractivity contribution in [3.05, 3.63) is 66.0 Å². The van der Waals surface area contributed by atoms with E-state index in [2.05, 4.69) is 34.1 Å². The molecule has 1 amide bonds. The van der Waals surface area contributed by atoms with Gasteiger partial charge in [0.05, 0.1) is 11.6 Å². The molecule has 0 saturated carbocycles. The first kappa shape index (κ1) is 17.2. The number of likely N-dealkylation sites (N-methyl/N-ethyl adjacent to an activating group) is 1. The van der Waals surface area contributed by atoms with E-state index in [4.69, 9.17) is 0 Å². The van der Waals surface area contributed by atoms with Crippen LogP contribution in [0.1, 0.15) is 36.4 Å². The first-order valence-corrected chi connectivity index (χ1v) is 9.57. The highest BCUT2D eigenvalue weighted by molar-refractivity contribution is 5.84.